The smallest absolute Gasteiger partial charge is 0.323 e. The quantitative estimate of drug-likeness (QED) is 0.488. The Morgan fingerprint density at radius 3 is 2.50 bits per heavy atom. The van der Waals surface area contributed by atoms with E-state index in [0.717, 1.165) is 22.2 Å². The summed E-state index contributed by atoms with van der Waals surface area (Å²) in [7, 11) is 3.03. The van der Waals surface area contributed by atoms with Gasteiger partial charge in [-0.15, -0.1) is 0 Å². The summed E-state index contributed by atoms with van der Waals surface area (Å²) in [6, 6.07) is 13.1. The minimum atomic E-state index is -1.13. The molecule has 9 heteroatoms. The maximum atomic E-state index is 12.6. The van der Waals surface area contributed by atoms with Crippen molar-refractivity contribution in [1.82, 2.24) is 4.90 Å². The van der Waals surface area contributed by atoms with E-state index in [2.05, 4.69) is 0 Å². The van der Waals surface area contributed by atoms with Gasteiger partial charge in [0, 0.05) is 5.56 Å². The van der Waals surface area contributed by atoms with Crippen molar-refractivity contribution in [3.8, 4) is 17.2 Å². The van der Waals surface area contributed by atoms with Crippen molar-refractivity contribution in [2.45, 2.75) is 6.61 Å². The molecule has 1 heterocycles. The number of ether oxygens (including phenoxy) is 3. The molecule has 0 aliphatic carbocycles. The lowest BCUT2D eigenvalue weighted by Crippen LogP contribution is -2.33. The van der Waals surface area contributed by atoms with Crippen molar-refractivity contribution in [2.75, 3.05) is 20.8 Å². The van der Waals surface area contributed by atoms with Crippen molar-refractivity contribution in [1.29, 1.82) is 0 Å². The topological polar surface area (TPSA) is 85.3 Å². The molecular formula is C21H19NO6S2. The number of hydrogen-bond donors (Lipinski definition) is 1. The molecule has 0 spiro atoms. The van der Waals surface area contributed by atoms with E-state index in [9.17, 15) is 9.59 Å². The second-order valence-electron chi connectivity index (χ2n) is 6.16. The number of carboxylic acids is 1. The second-order valence-corrected chi connectivity index (χ2v) is 7.83. The number of carbonyl (C=O) groups is 2. The molecule has 1 N–H and O–H groups in total. The lowest BCUT2D eigenvalue weighted by atomic mass is 10.1. The number of rotatable bonds is 8. The first kappa shape index (κ1) is 21.7. The van der Waals surface area contributed by atoms with E-state index in [-0.39, 0.29) is 4.32 Å². The molecule has 156 valence electrons. The average Bonchev–Trinajstić information content (AvgIpc) is 2.99. The Morgan fingerprint density at radius 2 is 1.87 bits per heavy atom. The standard InChI is InChI=1S/C21H19NO6S2/c1-26-15-9-8-14(10-16-20(25)22(11-17(23)24)21(29)30-16)18(27-2)19(15)28-12-13-6-4-3-5-7-13/h3-10H,11-12H2,1-2H3,(H,23,24)/b16-10-. The fourth-order valence-electron chi connectivity index (χ4n) is 2.82. The number of carboxylic acid groups (broad SMARTS) is 1. The third-order valence-electron chi connectivity index (χ3n) is 4.21. The minimum absolute atomic E-state index is 0.196. The number of thioether (sulfide) groups is 1. The third-order valence-corrected chi connectivity index (χ3v) is 5.59. The molecule has 0 aromatic heterocycles. The third kappa shape index (κ3) is 4.74. The van der Waals surface area contributed by atoms with Crippen molar-refractivity contribution >= 4 is 46.3 Å². The highest BCUT2D eigenvalue weighted by Gasteiger charge is 2.33. The largest absolute Gasteiger partial charge is 0.493 e. The molecule has 3 rings (SSSR count). The maximum absolute atomic E-state index is 12.6. The van der Waals surface area contributed by atoms with Crippen molar-refractivity contribution in [3.63, 3.8) is 0 Å². The summed E-state index contributed by atoms with van der Waals surface area (Å²) >= 11 is 6.18. The molecule has 0 radical (unpaired) electrons. The molecule has 30 heavy (non-hydrogen) atoms. The fourth-order valence-corrected chi connectivity index (χ4v) is 4.07. The van der Waals surface area contributed by atoms with Crippen LogP contribution < -0.4 is 14.2 Å². The average molecular weight is 446 g/mol. The zero-order valence-corrected chi connectivity index (χ0v) is 17.9. The number of benzene rings is 2. The zero-order valence-electron chi connectivity index (χ0n) is 16.3. The van der Waals surface area contributed by atoms with E-state index in [0.29, 0.717) is 34.3 Å². The molecule has 1 amide bonds. The lowest BCUT2D eigenvalue weighted by Gasteiger charge is -2.16. The lowest BCUT2D eigenvalue weighted by molar-refractivity contribution is -0.140. The summed E-state index contributed by atoms with van der Waals surface area (Å²) in [6.07, 6.45) is 1.61. The molecule has 1 fully saturated rings. The first-order chi connectivity index (χ1) is 14.4. The van der Waals surface area contributed by atoms with Crippen molar-refractivity contribution in [3.05, 3.63) is 58.5 Å². The van der Waals surface area contributed by atoms with Gasteiger partial charge in [0.1, 0.15) is 17.5 Å². The fraction of sp³-hybridized carbons (Fsp3) is 0.190. The highest BCUT2D eigenvalue weighted by Crippen LogP contribution is 2.43. The van der Waals surface area contributed by atoms with Gasteiger partial charge >= 0.3 is 5.97 Å². The van der Waals surface area contributed by atoms with E-state index in [1.165, 1.54) is 14.2 Å². The molecule has 0 bridgehead atoms. The summed E-state index contributed by atoms with van der Waals surface area (Å²) in [5.74, 6) is -0.311. The van der Waals surface area contributed by atoms with Gasteiger partial charge in [-0.2, -0.15) is 0 Å². The van der Waals surface area contributed by atoms with E-state index in [4.69, 9.17) is 31.5 Å². The first-order valence-corrected chi connectivity index (χ1v) is 10.1. The Balaban J connectivity index is 1.93. The number of thiocarbonyl (C=S) groups is 1. The normalized spacial score (nSPS) is 14.9. The molecule has 1 aliphatic heterocycles. The molecule has 2 aromatic carbocycles. The van der Waals surface area contributed by atoms with Crippen LogP contribution in [0.2, 0.25) is 0 Å². The van der Waals surface area contributed by atoms with Gasteiger partial charge in [0.15, 0.2) is 11.5 Å². The van der Waals surface area contributed by atoms with Crippen LogP contribution in [-0.2, 0) is 16.2 Å². The number of carbonyl (C=O) groups excluding carboxylic acids is 1. The van der Waals surface area contributed by atoms with Crippen LogP contribution in [0.25, 0.3) is 6.08 Å². The molecule has 7 nitrogen and oxygen atoms in total. The summed E-state index contributed by atoms with van der Waals surface area (Å²) in [5, 5.41) is 8.98. The van der Waals surface area contributed by atoms with Crippen molar-refractivity contribution < 1.29 is 28.9 Å². The summed E-state index contributed by atoms with van der Waals surface area (Å²) in [4.78, 5) is 24.9. The number of nitrogens with zero attached hydrogens (tertiary/aromatic N) is 1. The monoisotopic (exact) mass is 445 g/mol. The van der Waals surface area contributed by atoms with Gasteiger partial charge in [0.2, 0.25) is 5.75 Å². The van der Waals surface area contributed by atoms with Crippen LogP contribution in [0.3, 0.4) is 0 Å². The predicted octanol–water partition coefficient (Wildman–Crippen LogP) is 3.57. The van der Waals surface area contributed by atoms with E-state index in [1.54, 1.807) is 18.2 Å². The van der Waals surface area contributed by atoms with Gasteiger partial charge in [-0.3, -0.25) is 14.5 Å². The summed E-state index contributed by atoms with van der Waals surface area (Å²) < 4.78 is 17.1. The molecule has 2 aromatic rings. The van der Waals surface area contributed by atoms with Crippen LogP contribution in [0.1, 0.15) is 11.1 Å². The SMILES string of the molecule is COc1ccc(/C=C2\SC(=S)N(CC(=O)O)C2=O)c(OC)c1OCc1ccccc1. The predicted molar refractivity (Wildman–Crippen MR) is 118 cm³/mol. The van der Waals surface area contributed by atoms with E-state index >= 15 is 0 Å². The summed E-state index contributed by atoms with van der Waals surface area (Å²) in [6.45, 7) is -0.176. The number of methoxy groups -OCH3 is 2. The van der Waals surface area contributed by atoms with Gasteiger partial charge in [0.25, 0.3) is 5.91 Å². The zero-order chi connectivity index (χ0) is 21.7. The number of aliphatic carboxylic acids is 1. The van der Waals surface area contributed by atoms with Gasteiger partial charge < -0.3 is 19.3 Å². The van der Waals surface area contributed by atoms with Crippen LogP contribution in [0.4, 0.5) is 0 Å². The van der Waals surface area contributed by atoms with Crippen molar-refractivity contribution in [2.24, 2.45) is 0 Å². The maximum Gasteiger partial charge on any atom is 0.323 e. The Hall–Kier alpha value is -3.04. The van der Waals surface area contributed by atoms with Gasteiger partial charge in [-0.1, -0.05) is 54.3 Å². The van der Waals surface area contributed by atoms with Crippen LogP contribution in [0.5, 0.6) is 17.2 Å². The van der Waals surface area contributed by atoms with Crippen LogP contribution in [0.15, 0.2) is 47.4 Å². The van der Waals surface area contributed by atoms with Gasteiger partial charge in [-0.05, 0) is 23.8 Å². The molecular weight excluding hydrogens is 426 g/mol. The van der Waals surface area contributed by atoms with Crippen LogP contribution >= 0.6 is 24.0 Å². The Kier molecular flexibility index (Phi) is 6.96. The second kappa shape index (κ2) is 9.64. The summed E-state index contributed by atoms with van der Waals surface area (Å²) in [5.41, 5.74) is 1.55. The highest BCUT2D eigenvalue weighted by molar-refractivity contribution is 8.26. The Bertz CT molecular complexity index is 1010. The number of amides is 1. The van der Waals surface area contributed by atoms with E-state index < -0.39 is 18.4 Å². The Labute approximate surface area is 183 Å². The Morgan fingerprint density at radius 1 is 1.13 bits per heavy atom. The number of hydrogen-bond acceptors (Lipinski definition) is 7. The first-order valence-electron chi connectivity index (χ1n) is 8.83. The highest BCUT2D eigenvalue weighted by atomic mass is 32.2. The van der Waals surface area contributed by atoms with Crippen LogP contribution in [0, 0.1) is 0 Å². The molecule has 0 atom stereocenters. The van der Waals surface area contributed by atoms with Crippen LogP contribution in [-0.4, -0.2) is 47.0 Å². The molecule has 1 saturated heterocycles. The molecule has 0 saturated carbocycles. The molecule has 1 aliphatic rings. The minimum Gasteiger partial charge on any atom is -0.493 e. The molecule has 0 unspecified atom stereocenters. The van der Waals surface area contributed by atoms with Gasteiger partial charge in [-0.25, -0.2) is 0 Å². The van der Waals surface area contributed by atoms with Gasteiger partial charge in [0.05, 0.1) is 19.1 Å². The van der Waals surface area contributed by atoms with E-state index in [1.807, 2.05) is 30.3 Å².